The van der Waals surface area contributed by atoms with Crippen molar-refractivity contribution in [2.45, 2.75) is 5.41 Å². The Morgan fingerprint density at radius 1 is 0.230 bits per heavy atom. The average molecular weight is 775 g/mol. The van der Waals surface area contributed by atoms with Crippen molar-refractivity contribution in [3.63, 3.8) is 0 Å². The van der Waals surface area contributed by atoms with Gasteiger partial charge in [0.15, 0.2) is 5.82 Å². The molecule has 1 aromatic heterocycles. The van der Waals surface area contributed by atoms with Crippen molar-refractivity contribution in [2.24, 2.45) is 0 Å². The fourth-order valence-corrected chi connectivity index (χ4v) is 10.0. The molecular weight excluding hydrogens is 737 g/mol. The van der Waals surface area contributed by atoms with Crippen LogP contribution in [0.3, 0.4) is 0 Å². The molecule has 9 aromatic carbocycles. The molecule has 0 atom stereocenters. The summed E-state index contributed by atoms with van der Waals surface area (Å²) in [7, 11) is 0. The first-order valence-electron chi connectivity index (χ1n) is 21.0. The number of fused-ring (bicyclic) bond motifs is 12. The van der Waals surface area contributed by atoms with E-state index in [-0.39, 0.29) is 0 Å². The molecule has 12 rings (SSSR count). The van der Waals surface area contributed by atoms with Crippen LogP contribution in [0.2, 0.25) is 0 Å². The molecule has 1 heterocycles. The molecule has 61 heavy (non-hydrogen) atoms. The van der Waals surface area contributed by atoms with Crippen LogP contribution in [-0.4, -0.2) is 9.97 Å². The second-order valence-electron chi connectivity index (χ2n) is 16.0. The highest BCUT2D eigenvalue weighted by Gasteiger charge is 2.49. The van der Waals surface area contributed by atoms with Crippen LogP contribution in [0.5, 0.6) is 0 Å². The maximum atomic E-state index is 5.43. The molecule has 0 aliphatic heterocycles. The Labute approximate surface area is 356 Å². The molecule has 2 heteroatoms. The molecule has 1 spiro atoms. The van der Waals surface area contributed by atoms with Crippen LogP contribution in [0, 0.1) is 0 Å². The predicted molar refractivity (Wildman–Crippen MR) is 251 cm³/mol. The van der Waals surface area contributed by atoms with Crippen LogP contribution in [0.1, 0.15) is 22.3 Å². The Hall–Kier alpha value is -7.94. The zero-order valence-electron chi connectivity index (χ0n) is 33.3. The Morgan fingerprint density at radius 2 is 0.607 bits per heavy atom. The van der Waals surface area contributed by atoms with Gasteiger partial charge in [0.2, 0.25) is 0 Å². The van der Waals surface area contributed by atoms with Crippen LogP contribution in [-0.2, 0) is 5.41 Å². The van der Waals surface area contributed by atoms with Crippen molar-refractivity contribution in [3.05, 3.63) is 253 Å². The molecule has 0 saturated heterocycles. The summed E-state index contributed by atoms with van der Waals surface area (Å²) < 4.78 is 0. The quantitative estimate of drug-likeness (QED) is 0.174. The molecule has 2 nitrogen and oxygen atoms in total. The highest BCUT2D eigenvalue weighted by Crippen LogP contribution is 2.61. The number of rotatable bonds is 5. The van der Waals surface area contributed by atoms with Gasteiger partial charge >= 0.3 is 0 Å². The van der Waals surface area contributed by atoms with E-state index >= 15 is 0 Å². The molecule has 2 aliphatic carbocycles. The number of hydrogen-bond acceptors (Lipinski definition) is 2. The molecule has 2 aliphatic rings. The summed E-state index contributed by atoms with van der Waals surface area (Å²) in [6, 6.07) is 83.5. The molecule has 0 fully saturated rings. The monoisotopic (exact) mass is 774 g/mol. The Bertz CT molecular complexity index is 3160. The maximum Gasteiger partial charge on any atom is 0.160 e. The van der Waals surface area contributed by atoms with Crippen molar-refractivity contribution in [1.29, 1.82) is 0 Å². The zero-order chi connectivity index (χ0) is 40.3. The lowest BCUT2D eigenvalue weighted by Gasteiger charge is -2.35. The standard InChI is InChI=1S/C59H38N2/c1-3-17-39(18-4-1)41-21-15-23-43(35-41)56-38-57(44-24-16-22-42(36-44)40-19-5-2-6-20-40)61-58(60-56)45-33-34-55-51(37-45)47-26-8-7-25-46(47)48-27-9-12-30-52(48)59(55)53-31-13-10-28-49(53)50-29-11-14-32-54(50)59/h1-38H. The molecule has 0 saturated carbocycles. The van der Waals surface area contributed by atoms with Crippen LogP contribution >= 0.6 is 0 Å². The first kappa shape index (κ1) is 35.0. The largest absolute Gasteiger partial charge is 0.228 e. The van der Waals surface area contributed by atoms with Gasteiger partial charge in [0.25, 0.3) is 0 Å². The first-order chi connectivity index (χ1) is 30.2. The van der Waals surface area contributed by atoms with E-state index in [0.717, 1.165) is 39.2 Å². The molecule has 0 unspecified atom stereocenters. The van der Waals surface area contributed by atoms with Gasteiger partial charge in [0, 0.05) is 16.7 Å². The van der Waals surface area contributed by atoms with Crippen molar-refractivity contribution in [2.75, 3.05) is 0 Å². The molecule has 0 amide bonds. The molecule has 284 valence electrons. The zero-order valence-corrected chi connectivity index (χ0v) is 33.3. The second kappa shape index (κ2) is 14.1. The van der Waals surface area contributed by atoms with E-state index < -0.39 is 5.41 Å². The summed E-state index contributed by atoms with van der Waals surface area (Å²) in [6.07, 6.45) is 0. The van der Waals surface area contributed by atoms with Gasteiger partial charge in [0.1, 0.15) is 0 Å². The molecule has 10 aromatic rings. The minimum Gasteiger partial charge on any atom is -0.228 e. The lowest BCUT2D eigenvalue weighted by atomic mass is 9.66. The van der Waals surface area contributed by atoms with Gasteiger partial charge in [-0.1, -0.05) is 206 Å². The summed E-state index contributed by atoms with van der Waals surface area (Å²) in [5.74, 6) is 0.686. The van der Waals surface area contributed by atoms with Gasteiger partial charge in [-0.05, 0) is 102 Å². The van der Waals surface area contributed by atoms with Crippen molar-refractivity contribution >= 4 is 0 Å². The fraction of sp³-hybridized carbons (Fsp3) is 0.0169. The van der Waals surface area contributed by atoms with E-state index in [0.29, 0.717) is 5.82 Å². The van der Waals surface area contributed by atoms with Crippen molar-refractivity contribution in [1.82, 2.24) is 9.97 Å². The third kappa shape index (κ3) is 5.57. The van der Waals surface area contributed by atoms with E-state index in [1.54, 1.807) is 0 Å². The number of hydrogen-bond donors (Lipinski definition) is 0. The smallest absolute Gasteiger partial charge is 0.160 e. The summed E-state index contributed by atoms with van der Waals surface area (Å²) >= 11 is 0. The third-order valence-electron chi connectivity index (χ3n) is 12.7. The molecular formula is C59H38N2. The Kier molecular flexibility index (Phi) is 8.11. The summed E-state index contributed by atoms with van der Waals surface area (Å²) in [4.78, 5) is 10.9. The minimum absolute atomic E-state index is 0.541. The van der Waals surface area contributed by atoms with E-state index in [9.17, 15) is 0 Å². The molecule has 0 N–H and O–H groups in total. The van der Waals surface area contributed by atoms with Gasteiger partial charge in [-0.3, -0.25) is 0 Å². The van der Waals surface area contributed by atoms with E-state index in [4.69, 9.17) is 9.97 Å². The normalized spacial score (nSPS) is 12.7. The van der Waals surface area contributed by atoms with Gasteiger partial charge in [0.05, 0.1) is 16.8 Å². The second-order valence-corrected chi connectivity index (χ2v) is 16.0. The van der Waals surface area contributed by atoms with Crippen molar-refractivity contribution in [3.8, 4) is 89.5 Å². The fourth-order valence-electron chi connectivity index (χ4n) is 10.0. The van der Waals surface area contributed by atoms with Gasteiger partial charge in [-0.25, -0.2) is 9.97 Å². The highest BCUT2D eigenvalue weighted by atomic mass is 14.9. The third-order valence-corrected chi connectivity index (χ3v) is 12.7. The molecule has 0 radical (unpaired) electrons. The minimum atomic E-state index is -0.541. The highest BCUT2D eigenvalue weighted by molar-refractivity contribution is 5.98. The molecule has 0 bridgehead atoms. The average Bonchev–Trinajstić information content (AvgIpc) is 3.59. The SMILES string of the molecule is c1ccc(-c2cccc(-c3cc(-c4cccc(-c5ccccc5)c4)nc(-c4ccc5c(c4)-c4ccccc4-c4ccccc4C54c5ccccc5-c5ccccc54)n3)c2)cc1. The van der Waals surface area contributed by atoms with E-state index in [1.807, 2.05) is 0 Å². The predicted octanol–water partition coefficient (Wildman–Crippen LogP) is 14.8. The van der Waals surface area contributed by atoms with E-state index in [1.165, 1.54) is 66.8 Å². The van der Waals surface area contributed by atoms with Gasteiger partial charge in [-0.2, -0.15) is 0 Å². The summed E-state index contributed by atoms with van der Waals surface area (Å²) in [5.41, 5.74) is 21.5. The van der Waals surface area contributed by atoms with Gasteiger partial charge in [-0.15, -0.1) is 0 Å². The maximum absolute atomic E-state index is 5.43. The summed E-state index contributed by atoms with van der Waals surface area (Å²) in [5, 5.41) is 0. The van der Waals surface area contributed by atoms with Crippen molar-refractivity contribution < 1.29 is 0 Å². The first-order valence-corrected chi connectivity index (χ1v) is 21.0. The lowest BCUT2D eigenvalue weighted by Crippen LogP contribution is -2.29. The van der Waals surface area contributed by atoms with Crippen LogP contribution in [0.4, 0.5) is 0 Å². The topological polar surface area (TPSA) is 25.8 Å². The lowest BCUT2D eigenvalue weighted by molar-refractivity contribution is 0.775. The number of aromatic nitrogens is 2. The van der Waals surface area contributed by atoms with Crippen LogP contribution < -0.4 is 0 Å². The number of benzene rings is 9. The van der Waals surface area contributed by atoms with Gasteiger partial charge < -0.3 is 0 Å². The Morgan fingerprint density at radius 3 is 1.11 bits per heavy atom. The number of nitrogens with zero attached hydrogens (tertiary/aromatic N) is 2. The summed E-state index contributed by atoms with van der Waals surface area (Å²) in [6.45, 7) is 0. The van der Waals surface area contributed by atoms with Crippen LogP contribution in [0.15, 0.2) is 231 Å². The van der Waals surface area contributed by atoms with E-state index in [2.05, 4.69) is 231 Å². The Balaban J connectivity index is 1.11. The van der Waals surface area contributed by atoms with Crippen LogP contribution in [0.25, 0.3) is 89.5 Å².